The first-order valence-corrected chi connectivity index (χ1v) is 13.4. The van der Waals surface area contributed by atoms with Crippen molar-refractivity contribution in [2.75, 3.05) is 26.5 Å². The third-order valence-electron chi connectivity index (χ3n) is 5.82. The minimum absolute atomic E-state index is 0.00633. The number of nitrogens with zero attached hydrogens (tertiary/aromatic N) is 1. The number of hydrogen-bond acceptors (Lipinski definition) is 5. The summed E-state index contributed by atoms with van der Waals surface area (Å²) in [6.07, 6.45) is 2.88. The second-order valence-electron chi connectivity index (χ2n) is 8.33. The van der Waals surface area contributed by atoms with Gasteiger partial charge in [-0.25, -0.2) is 0 Å². The van der Waals surface area contributed by atoms with E-state index in [1.807, 2.05) is 37.0 Å². The Kier molecular flexibility index (Phi) is 12.1. The van der Waals surface area contributed by atoms with Gasteiger partial charge in [-0.3, -0.25) is 4.79 Å². The number of thioether (sulfide) groups is 1. The summed E-state index contributed by atoms with van der Waals surface area (Å²) >= 11 is 1.74. The van der Waals surface area contributed by atoms with Gasteiger partial charge in [0.25, 0.3) is 0 Å². The van der Waals surface area contributed by atoms with Crippen LogP contribution in [0.15, 0.2) is 59.5 Å². The van der Waals surface area contributed by atoms with Crippen molar-refractivity contribution in [1.82, 2.24) is 4.90 Å². The molecule has 2 heterocycles. The van der Waals surface area contributed by atoms with Crippen LogP contribution in [0.5, 0.6) is 17.2 Å². The van der Waals surface area contributed by atoms with Crippen molar-refractivity contribution in [1.29, 1.82) is 0 Å². The number of carbonyl (C=O) groups excluding carboxylic acids is 1. The Labute approximate surface area is 227 Å². The molecule has 0 spiro atoms. The lowest BCUT2D eigenvalue weighted by Gasteiger charge is -2.36. The molecule has 2 aliphatic heterocycles. The number of amides is 1. The van der Waals surface area contributed by atoms with E-state index in [2.05, 4.69) is 23.8 Å². The summed E-state index contributed by atoms with van der Waals surface area (Å²) in [6, 6.07) is 9.76. The molecule has 0 aromatic heterocycles. The molecule has 208 valence electrons. The predicted molar refractivity (Wildman–Crippen MR) is 147 cm³/mol. The molecule has 2 aliphatic rings. The first kappa shape index (κ1) is 31.1. The van der Waals surface area contributed by atoms with Gasteiger partial charge in [0.05, 0.1) is 26.7 Å². The fraction of sp³-hybridized carbons (Fsp3) is 0.414. The van der Waals surface area contributed by atoms with E-state index in [1.165, 1.54) is 23.8 Å². The summed E-state index contributed by atoms with van der Waals surface area (Å²) in [4.78, 5) is 15.9. The van der Waals surface area contributed by atoms with E-state index >= 15 is 0 Å². The van der Waals surface area contributed by atoms with Crippen molar-refractivity contribution in [2.45, 2.75) is 52.9 Å². The van der Waals surface area contributed by atoms with Gasteiger partial charge in [0.15, 0.2) is 0 Å². The van der Waals surface area contributed by atoms with Gasteiger partial charge < -0.3 is 19.1 Å². The molecule has 38 heavy (non-hydrogen) atoms. The van der Waals surface area contributed by atoms with Crippen molar-refractivity contribution in [3.05, 3.63) is 76.2 Å². The van der Waals surface area contributed by atoms with Gasteiger partial charge >= 0.3 is 6.36 Å². The average Bonchev–Trinajstić information content (AvgIpc) is 2.89. The van der Waals surface area contributed by atoms with Crippen LogP contribution in [0.4, 0.5) is 13.2 Å². The minimum atomic E-state index is -4.60. The van der Waals surface area contributed by atoms with E-state index < -0.39 is 6.36 Å². The summed E-state index contributed by atoms with van der Waals surface area (Å²) < 4.78 is 49.6. The van der Waals surface area contributed by atoms with Crippen molar-refractivity contribution in [3.8, 4) is 17.2 Å². The Bertz CT molecular complexity index is 1110. The van der Waals surface area contributed by atoms with Crippen LogP contribution >= 0.6 is 11.8 Å². The molecule has 0 bridgehead atoms. The van der Waals surface area contributed by atoms with E-state index in [9.17, 15) is 18.0 Å². The third-order valence-corrected chi connectivity index (χ3v) is 6.83. The van der Waals surface area contributed by atoms with Gasteiger partial charge in [0, 0.05) is 23.9 Å². The molecule has 0 saturated carbocycles. The number of allylic oxidation sites excluding steroid dienone is 2. The Balaban J connectivity index is 0.000000305. The topological polar surface area (TPSA) is 48.0 Å². The van der Waals surface area contributed by atoms with Crippen LogP contribution in [0.25, 0.3) is 0 Å². The molecule has 5 nitrogen and oxygen atoms in total. The fourth-order valence-corrected chi connectivity index (χ4v) is 4.98. The van der Waals surface area contributed by atoms with Gasteiger partial charge in [-0.05, 0) is 54.5 Å². The number of carbonyl (C=O) groups is 1. The summed E-state index contributed by atoms with van der Waals surface area (Å²) in [5, 5.41) is 0. The molecular formula is C29H36F3NO4S. The fourth-order valence-electron chi connectivity index (χ4n) is 4.16. The standard InChI is InChI=1S/C19H23NO3S.C8H7F3O.C2H6/c1-13-19-14(10-15(22-2)11-17(19)23-3)7-8-20(13)18(21)12-16-6-4-5-9-24-16;1-6-3-2-4-7(5-6)12-8(9,10)11;1-2/h4-6,10-11,13H,7-9,12H2,1-3H3;2-5H,1H3;1-2H3. The van der Waals surface area contributed by atoms with Crippen molar-refractivity contribution >= 4 is 17.7 Å². The number of rotatable bonds is 5. The molecule has 1 unspecified atom stereocenters. The predicted octanol–water partition coefficient (Wildman–Crippen LogP) is 7.65. The maximum absolute atomic E-state index is 12.8. The molecule has 2 aromatic rings. The van der Waals surface area contributed by atoms with Gasteiger partial charge in [-0.2, -0.15) is 0 Å². The highest BCUT2D eigenvalue weighted by atomic mass is 32.2. The zero-order chi connectivity index (χ0) is 28.3. The second kappa shape index (κ2) is 14.8. The number of aryl methyl sites for hydroxylation is 1. The zero-order valence-electron chi connectivity index (χ0n) is 22.7. The van der Waals surface area contributed by atoms with Crippen LogP contribution in [0, 0.1) is 6.92 Å². The second-order valence-corrected chi connectivity index (χ2v) is 9.48. The number of halogens is 3. The lowest BCUT2D eigenvalue weighted by Crippen LogP contribution is -2.39. The quantitative estimate of drug-likeness (QED) is 0.382. The number of fused-ring (bicyclic) bond motifs is 1. The average molecular weight is 552 g/mol. The van der Waals surface area contributed by atoms with Crippen LogP contribution in [0.3, 0.4) is 0 Å². The normalized spacial score (nSPS) is 16.1. The van der Waals surface area contributed by atoms with E-state index in [0.29, 0.717) is 6.42 Å². The molecule has 2 aromatic carbocycles. The smallest absolute Gasteiger partial charge is 0.497 e. The first-order chi connectivity index (χ1) is 18.1. The third kappa shape index (κ3) is 9.04. The molecule has 0 radical (unpaired) electrons. The summed E-state index contributed by atoms with van der Waals surface area (Å²) in [7, 11) is 3.33. The van der Waals surface area contributed by atoms with Crippen LogP contribution in [0.1, 0.15) is 49.9 Å². The molecule has 0 aliphatic carbocycles. The largest absolute Gasteiger partial charge is 0.573 e. The van der Waals surface area contributed by atoms with Crippen LogP contribution < -0.4 is 14.2 Å². The maximum atomic E-state index is 12.8. The monoisotopic (exact) mass is 551 g/mol. The lowest BCUT2D eigenvalue weighted by molar-refractivity contribution is -0.274. The molecule has 0 N–H and O–H groups in total. The van der Waals surface area contributed by atoms with E-state index in [-0.39, 0.29) is 17.7 Å². The highest BCUT2D eigenvalue weighted by Gasteiger charge is 2.32. The van der Waals surface area contributed by atoms with E-state index in [4.69, 9.17) is 9.47 Å². The van der Waals surface area contributed by atoms with Gasteiger partial charge in [-0.1, -0.05) is 44.2 Å². The summed E-state index contributed by atoms with van der Waals surface area (Å²) in [5.41, 5.74) is 3.04. The molecule has 1 amide bonds. The molecular weight excluding hydrogens is 515 g/mol. The zero-order valence-corrected chi connectivity index (χ0v) is 23.5. The summed E-state index contributed by atoms with van der Waals surface area (Å²) in [5.74, 6) is 2.55. The SMILES string of the molecule is CC.COc1cc2c(c(OC)c1)C(C)N(C(=O)CC1=CC=CCS1)CC2.Cc1cccc(OC(F)(F)F)c1. The number of benzene rings is 2. The van der Waals surface area contributed by atoms with Crippen molar-refractivity contribution in [2.24, 2.45) is 0 Å². The number of alkyl halides is 3. The van der Waals surface area contributed by atoms with Crippen molar-refractivity contribution in [3.63, 3.8) is 0 Å². The Morgan fingerprint density at radius 3 is 2.42 bits per heavy atom. The van der Waals surface area contributed by atoms with Gasteiger partial charge in [0.2, 0.25) is 5.91 Å². The van der Waals surface area contributed by atoms with Gasteiger partial charge in [-0.15, -0.1) is 24.9 Å². The highest BCUT2D eigenvalue weighted by Crippen LogP contribution is 2.40. The molecule has 1 atom stereocenters. The molecule has 0 saturated heterocycles. The Morgan fingerprint density at radius 2 is 1.84 bits per heavy atom. The Morgan fingerprint density at radius 1 is 1.11 bits per heavy atom. The first-order valence-electron chi connectivity index (χ1n) is 12.5. The molecule has 0 fully saturated rings. The molecule has 9 heteroatoms. The van der Waals surface area contributed by atoms with Crippen LogP contribution in [0.2, 0.25) is 0 Å². The van der Waals surface area contributed by atoms with Crippen molar-refractivity contribution < 1.29 is 32.2 Å². The maximum Gasteiger partial charge on any atom is 0.573 e. The lowest BCUT2D eigenvalue weighted by atomic mass is 9.92. The van der Waals surface area contributed by atoms with E-state index in [1.54, 1.807) is 39.0 Å². The highest BCUT2D eigenvalue weighted by molar-refractivity contribution is 8.03. The number of hydrogen-bond donors (Lipinski definition) is 0. The molecule has 4 rings (SSSR count). The van der Waals surface area contributed by atoms with Crippen LogP contribution in [-0.2, 0) is 11.2 Å². The van der Waals surface area contributed by atoms with E-state index in [0.717, 1.165) is 46.2 Å². The Hall–Kier alpha value is -3.07. The van der Waals surface area contributed by atoms with Crippen LogP contribution in [-0.4, -0.2) is 43.7 Å². The number of ether oxygens (including phenoxy) is 3. The minimum Gasteiger partial charge on any atom is -0.497 e. The van der Waals surface area contributed by atoms with Gasteiger partial charge in [0.1, 0.15) is 17.2 Å². The number of methoxy groups -OCH3 is 2. The summed E-state index contributed by atoms with van der Waals surface area (Å²) in [6.45, 7) is 8.51.